The van der Waals surface area contributed by atoms with Crippen molar-refractivity contribution in [3.05, 3.63) is 55.1 Å². The summed E-state index contributed by atoms with van der Waals surface area (Å²) in [6.45, 7) is 3.09. The van der Waals surface area contributed by atoms with Gasteiger partial charge in [-0.25, -0.2) is 0 Å². The number of hydrogen-bond donors (Lipinski definition) is 1. The number of thiophene rings is 1. The van der Waals surface area contributed by atoms with Crippen LogP contribution in [0.15, 0.2) is 44.7 Å². The van der Waals surface area contributed by atoms with Crippen LogP contribution in [0.2, 0.25) is 0 Å². The fourth-order valence-corrected chi connectivity index (χ4v) is 3.41. The number of nitrogens with one attached hydrogen (secondary N) is 1. The summed E-state index contributed by atoms with van der Waals surface area (Å²) in [4.78, 5) is 1.35. The highest BCUT2D eigenvalue weighted by atomic mass is 79.9. The Balaban J connectivity index is 1.95. The predicted molar refractivity (Wildman–Crippen MR) is 81.4 cm³/mol. The molecule has 0 unspecified atom stereocenters. The molecule has 0 aliphatic rings. The van der Waals surface area contributed by atoms with Crippen LogP contribution in [0.1, 0.15) is 23.4 Å². The van der Waals surface area contributed by atoms with E-state index in [0.717, 1.165) is 15.5 Å². The summed E-state index contributed by atoms with van der Waals surface area (Å²) < 4.78 is 2.29. The Hall–Kier alpha value is -0.160. The lowest BCUT2D eigenvalue weighted by molar-refractivity contribution is 0.578. The molecule has 1 atom stereocenters. The molecule has 0 radical (unpaired) electrons. The lowest BCUT2D eigenvalue weighted by Gasteiger charge is -2.13. The van der Waals surface area contributed by atoms with Gasteiger partial charge in [-0.05, 0) is 46.6 Å². The van der Waals surface area contributed by atoms with Crippen molar-refractivity contribution in [2.75, 3.05) is 0 Å². The summed E-state index contributed by atoms with van der Waals surface area (Å²) in [6.07, 6.45) is 0. The maximum absolute atomic E-state index is 3.52. The molecule has 1 aromatic heterocycles. The monoisotopic (exact) mass is 373 g/mol. The second-order valence-corrected chi connectivity index (χ2v) is 6.72. The Morgan fingerprint density at radius 3 is 2.71 bits per heavy atom. The van der Waals surface area contributed by atoms with Crippen LogP contribution < -0.4 is 5.32 Å². The molecule has 0 saturated heterocycles. The van der Waals surface area contributed by atoms with Gasteiger partial charge in [0.05, 0.1) is 0 Å². The van der Waals surface area contributed by atoms with Crippen molar-refractivity contribution in [3.63, 3.8) is 0 Å². The zero-order valence-electron chi connectivity index (χ0n) is 9.41. The van der Waals surface area contributed by atoms with E-state index in [1.807, 2.05) is 6.07 Å². The standard InChI is InChI=1S/C13H13Br2NS/c1-9(10-3-2-4-11(14)5-10)16-7-13-6-12(15)8-17-13/h2-6,8-9,16H,7H2,1H3/t9-/m1/s1. The maximum Gasteiger partial charge on any atom is 0.0305 e. The van der Waals surface area contributed by atoms with Crippen LogP contribution in [-0.2, 0) is 6.54 Å². The van der Waals surface area contributed by atoms with Crippen LogP contribution in [-0.4, -0.2) is 0 Å². The molecule has 0 amide bonds. The third-order valence-corrected chi connectivity index (χ3v) is 4.74. The van der Waals surface area contributed by atoms with Crippen molar-refractivity contribution >= 4 is 43.2 Å². The molecule has 1 N–H and O–H groups in total. The SMILES string of the molecule is C[C@@H](NCc1cc(Br)cs1)c1cccc(Br)c1. The van der Waals surface area contributed by atoms with Gasteiger partial charge >= 0.3 is 0 Å². The third kappa shape index (κ3) is 3.91. The van der Waals surface area contributed by atoms with Gasteiger partial charge in [0, 0.05) is 31.8 Å². The minimum atomic E-state index is 0.355. The smallest absolute Gasteiger partial charge is 0.0305 e. The van der Waals surface area contributed by atoms with Gasteiger partial charge in [0.25, 0.3) is 0 Å². The summed E-state index contributed by atoms with van der Waals surface area (Å²) >= 11 is 8.74. The first-order chi connectivity index (χ1) is 8.15. The topological polar surface area (TPSA) is 12.0 Å². The summed E-state index contributed by atoms with van der Waals surface area (Å²) in [5.41, 5.74) is 1.30. The highest BCUT2D eigenvalue weighted by Gasteiger charge is 2.05. The van der Waals surface area contributed by atoms with Crippen molar-refractivity contribution in [1.82, 2.24) is 5.32 Å². The molecule has 0 saturated carbocycles. The van der Waals surface area contributed by atoms with E-state index in [9.17, 15) is 0 Å². The van der Waals surface area contributed by atoms with Crippen LogP contribution in [0.5, 0.6) is 0 Å². The van der Waals surface area contributed by atoms with Gasteiger partial charge in [-0.2, -0.15) is 0 Å². The molecule has 0 spiro atoms. The molecule has 90 valence electrons. The lowest BCUT2D eigenvalue weighted by Crippen LogP contribution is -2.17. The van der Waals surface area contributed by atoms with Gasteiger partial charge in [-0.3, -0.25) is 0 Å². The minimum Gasteiger partial charge on any atom is -0.305 e. The van der Waals surface area contributed by atoms with E-state index in [-0.39, 0.29) is 0 Å². The molecule has 4 heteroatoms. The number of benzene rings is 1. The molecule has 0 aliphatic heterocycles. The third-order valence-electron chi connectivity index (χ3n) is 2.55. The highest BCUT2D eigenvalue weighted by Crippen LogP contribution is 2.22. The molecule has 2 rings (SSSR count). The molecule has 1 heterocycles. The fraction of sp³-hybridized carbons (Fsp3) is 0.231. The van der Waals surface area contributed by atoms with Gasteiger partial charge in [-0.15, -0.1) is 11.3 Å². The Bertz CT molecular complexity index is 496. The lowest BCUT2D eigenvalue weighted by atomic mass is 10.1. The fourth-order valence-electron chi connectivity index (χ4n) is 1.59. The molecular weight excluding hydrogens is 362 g/mol. The van der Waals surface area contributed by atoms with Crippen molar-refractivity contribution in [3.8, 4) is 0 Å². The number of halogens is 2. The normalized spacial score (nSPS) is 12.6. The van der Waals surface area contributed by atoms with Gasteiger partial charge < -0.3 is 5.32 Å². The van der Waals surface area contributed by atoms with Gasteiger partial charge in [-0.1, -0.05) is 28.1 Å². The van der Waals surface area contributed by atoms with E-state index in [1.165, 1.54) is 10.4 Å². The second-order valence-electron chi connectivity index (χ2n) is 3.89. The van der Waals surface area contributed by atoms with E-state index < -0.39 is 0 Å². The van der Waals surface area contributed by atoms with E-state index in [1.54, 1.807) is 11.3 Å². The van der Waals surface area contributed by atoms with E-state index in [0.29, 0.717) is 6.04 Å². The zero-order chi connectivity index (χ0) is 12.3. The second kappa shape index (κ2) is 6.14. The van der Waals surface area contributed by atoms with Gasteiger partial charge in [0.15, 0.2) is 0 Å². The van der Waals surface area contributed by atoms with Crippen molar-refractivity contribution in [1.29, 1.82) is 0 Å². The van der Waals surface area contributed by atoms with Gasteiger partial charge in [0.1, 0.15) is 0 Å². The molecule has 0 aliphatic carbocycles. The Morgan fingerprint density at radius 1 is 1.24 bits per heavy atom. The largest absolute Gasteiger partial charge is 0.305 e. The van der Waals surface area contributed by atoms with E-state index in [2.05, 4.69) is 73.7 Å². The van der Waals surface area contributed by atoms with Crippen molar-refractivity contribution < 1.29 is 0 Å². The van der Waals surface area contributed by atoms with Crippen LogP contribution in [0, 0.1) is 0 Å². The molecule has 0 bridgehead atoms. The summed E-state index contributed by atoms with van der Waals surface area (Å²) in [5.74, 6) is 0. The summed E-state index contributed by atoms with van der Waals surface area (Å²) in [5, 5.41) is 5.64. The molecular formula is C13H13Br2NS. The predicted octanol–water partition coefficient (Wildman–Crippen LogP) is 5.12. The van der Waals surface area contributed by atoms with Gasteiger partial charge in [0.2, 0.25) is 0 Å². The van der Waals surface area contributed by atoms with Crippen molar-refractivity contribution in [2.24, 2.45) is 0 Å². The van der Waals surface area contributed by atoms with Crippen LogP contribution >= 0.6 is 43.2 Å². The molecule has 17 heavy (non-hydrogen) atoms. The minimum absolute atomic E-state index is 0.355. The first-order valence-corrected chi connectivity index (χ1v) is 7.83. The van der Waals surface area contributed by atoms with E-state index >= 15 is 0 Å². The Labute approximate surface area is 123 Å². The van der Waals surface area contributed by atoms with Crippen LogP contribution in [0.4, 0.5) is 0 Å². The maximum atomic E-state index is 3.52. The molecule has 2 aromatic rings. The summed E-state index contributed by atoms with van der Waals surface area (Å²) in [6, 6.07) is 10.9. The quantitative estimate of drug-likeness (QED) is 0.782. The first kappa shape index (κ1) is 13.3. The first-order valence-electron chi connectivity index (χ1n) is 5.37. The highest BCUT2D eigenvalue weighted by molar-refractivity contribution is 9.10. The number of hydrogen-bond acceptors (Lipinski definition) is 2. The Morgan fingerprint density at radius 2 is 2.06 bits per heavy atom. The summed E-state index contributed by atoms with van der Waals surface area (Å²) in [7, 11) is 0. The molecule has 0 fully saturated rings. The average molecular weight is 375 g/mol. The molecule has 1 nitrogen and oxygen atoms in total. The molecule has 1 aromatic carbocycles. The van der Waals surface area contributed by atoms with E-state index in [4.69, 9.17) is 0 Å². The average Bonchev–Trinajstić information content (AvgIpc) is 2.72. The number of rotatable bonds is 4. The van der Waals surface area contributed by atoms with Crippen molar-refractivity contribution in [2.45, 2.75) is 19.5 Å². The van der Waals surface area contributed by atoms with Crippen LogP contribution in [0.3, 0.4) is 0 Å². The Kier molecular flexibility index (Phi) is 4.79. The zero-order valence-corrected chi connectivity index (χ0v) is 13.4. The van der Waals surface area contributed by atoms with Crippen LogP contribution in [0.25, 0.3) is 0 Å².